The number of amides is 1. The number of aromatic nitrogens is 2. The molecule has 0 spiro atoms. The number of nitrogens with zero attached hydrogens (tertiary/aromatic N) is 2. The van der Waals surface area contributed by atoms with Crippen molar-refractivity contribution in [1.29, 1.82) is 0 Å². The molecule has 1 aliphatic heterocycles. The molecule has 5 nitrogen and oxygen atoms in total. The summed E-state index contributed by atoms with van der Waals surface area (Å²) in [7, 11) is 1.89. The van der Waals surface area contributed by atoms with Gasteiger partial charge in [0.05, 0.1) is 12.1 Å². The highest BCUT2D eigenvalue weighted by Gasteiger charge is 2.17. The zero-order valence-electron chi connectivity index (χ0n) is 16.5. The molecule has 1 aliphatic rings. The van der Waals surface area contributed by atoms with Crippen LogP contribution < -0.4 is 10.6 Å². The number of halogens is 1. The lowest BCUT2D eigenvalue weighted by Crippen LogP contribution is -2.17. The number of nitrogens with one attached hydrogen (secondary N) is 2. The normalized spacial score (nSPS) is 16.2. The van der Waals surface area contributed by atoms with Gasteiger partial charge in [-0.15, -0.1) is 12.4 Å². The number of benzene rings is 1. The Bertz CT molecular complexity index is 748. The molecule has 3 rings (SSSR count). The quantitative estimate of drug-likeness (QED) is 0.762. The van der Waals surface area contributed by atoms with E-state index in [9.17, 15) is 4.79 Å². The number of hydrogen-bond donors (Lipinski definition) is 2. The lowest BCUT2D eigenvalue weighted by atomic mass is 9.97. The van der Waals surface area contributed by atoms with Gasteiger partial charge in [0, 0.05) is 12.6 Å². The first kappa shape index (κ1) is 21.5. The zero-order valence-corrected chi connectivity index (χ0v) is 17.4. The lowest BCUT2D eigenvalue weighted by Gasteiger charge is -2.10. The van der Waals surface area contributed by atoms with Crippen molar-refractivity contribution >= 4 is 24.1 Å². The smallest absolute Gasteiger partial charge is 0.229 e. The highest BCUT2D eigenvalue weighted by Crippen LogP contribution is 2.21. The highest BCUT2D eigenvalue weighted by molar-refractivity contribution is 5.92. The largest absolute Gasteiger partial charge is 0.316 e. The van der Waals surface area contributed by atoms with Crippen LogP contribution in [0.3, 0.4) is 0 Å². The molecule has 1 unspecified atom stereocenters. The van der Waals surface area contributed by atoms with Crippen LogP contribution in [0.4, 0.5) is 5.82 Å². The van der Waals surface area contributed by atoms with Crippen LogP contribution in [0.1, 0.15) is 42.7 Å². The number of carbonyl (C=O) groups excluding carboxylic acids is 1. The minimum atomic E-state index is 0. The Morgan fingerprint density at radius 2 is 1.93 bits per heavy atom. The van der Waals surface area contributed by atoms with E-state index in [0.717, 1.165) is 60.9 Å². The molecule has 0 radical (unpaired) electrons. The molecule has 27 heavy (non-hydrogen) atoms. The van der Waals surface area contributed by atoms with Crippen molar-refractivity contribution in [3.05, 3.63) is 46.6 Å². The van der Waals surface area contributed by atoms with Crippen molar-refractivity contribution in [2.24, 2.45) is 13.0 Å². The Labute approximate surface area is 168 Å². The molecule has 1 fully saturated rings. The van der Waals surface area contributed by atoms with Gasteiger partial charge in [-0.05, 0) is 55.8 Å². The molecule has 2 aromatic rings. The Kier molecular flexibility index (Phi) is 7.87. The van der Waals surface area contributed by atoms with Gasteiger partial charge in [-0.3, -0.25) is 9.48 Å². The van der Waals surface area contributed by atoms with Crippen molar-refractivity contribution in [3.63, 3.8) is 0 Å². The van der Waals surface area contributed by atoms with Gasteiger partial charge in [-0.25, -0.2) is 0 Å². The standard InChI is InChI=1S/C21H30N4O.ClH/c1-4-18-19(5-2)24-25(3)21(18)23-20(26)13-16-8-6-15(7-9-16)12-17-10-11-22-14-17;/h6-9,17,22H,4-5,10-14H2,1-3H3,(H,23,26);1H. The molecular weight excluding hydrogens is 360 g/mol. The van der Waals surface area contributed by atoms with E-state index in [-0.39, 0.29) is 18.3 Å². The summed E-state index contributed by atoms with van der Waals surface area (Å²) < 4.78 is 1.79. The maximum absolute atomic E-state index is 12.5. The molecule has 1 aromatic heterocycles. The van der Waals surface area contributed by atoms with E-state index in [1.54, 1.807) is 4.68 Å². The number of anilines is 1. The van der Waals surface area contributed by atoms with Gasteiger partial charge in [-0.2, -0.15) is 5.10 Å². The fraction of sp³-hybridized carbons (Fsp3) is 0.524. The molecule has 148 valence electrons. The van der Waals surface area contributed by atoms with Crippen LogP contribution >= 0.6 is 12.4 Å². The molecule has 0 saturated carbocycles. The van der Waals surface area contributed by atoms with Crippen molar-refractivity contribution in [3.8, 4) is 0 Å². The second-order valence-corrected chi connectivity index (χ2v) is 7.21. The predicted octanol–water partition coefficient (Wildman–Crippen LogP) is 3.30. The van der Waals surface area contributed by atoms with E-state index in [4.69, 9.17) is 0 Å². The van der Waals surface area contributed by atoms with Crippen LogP contribution in [-0.2, 0) is 37.5 Å². The summed E-state index contributed by atoms with van der Waals surface area (Å²) in [5, 5.41) is 11.0. The third-order valence-corrected chi connectivity index (χ3v) is 5.25. The van der Waals surface area contributed by atoms with Gasteiger partial charge in [0.25, 0.3) is 0 Å². The summed E-state index contributed by atoms with van der Waals surface area (Å²) in [5.41, 5.74) is 4.61. The molecule has 2 heterocycles. The second kappa shape index (κ2) is 9.90. The van der Waals surface area contributed by atoms with E-state index >= 15 is 0 Å². The lowest BCUT2D eigenvalue weighted by molar-refractivity contribution is -0.115. The summed E-state index contributed by atoms with van der Waals surface area (Å²) in [4.78, 5) is 12.5. The summed E-state index contributed by atoms with van der Waals surface area (Å²) in [6.45, 7) is 6.45. The SMILES string of the molecule is CCc1nn(C)c(NC(=O)Cc2ccc(CC3CCNC3)cc2)c1CC.Cl. The Morgan fingerprint density at radius 1 is 1.22 bits per heavy atom. The van der Waals surface area contributed by atoms with Crippen molar-refractivity contribution in [1.82, 2.24) is 15.1 Å². The first-order valence-electron chi connectivity index (χ1n) is 9.73. The van der Waals surface area contributed by atoms with Crippen LogP contribution in [0.5, 0.6) is 0 Å². The van der Waals surface area contributed by atoms with Gasteiger partial charge in [0.2, 0.25) is 5.91 Å². The van der Waals surface area contributed by atoms with Crippen LogP contribution in [0.15, 0.2) is 24.3 Å². The third kappa shape index (κ3) is 5.33. The fourth-order valence-corrected chi connectivity index (χ4v) is 3.81. The zero-order chi connectivity index (χ0) is 18.5. The average molecular weight is 391 g/mol. The highest BCUT2D eigenvalue weighted by atomic mass is 35.5. The molecule has 1 atom stereocenters. The van der Waals surface area contributed by atoms with Gasteiger partial charge < -0.3 is 10.6 Å². The molecule has 2 N–H and O–H groups in total. The first-order valence-corrected chi connectivity index (χ1v) is 9.73. The average Bonchev–Trinajstić information content (AvgIpc) is 3.24. The van der Waals surface area contributed by atoms with Gasteiger partial charge in [0.15, 0.2) is 0 Å². The predicted molar refractivity (Wildman–Crippen MR) is 113 cm³/mol. The second-order valence-electron chi connectivity index (χ2n) is 7.21. The van der Waals surface area contributed by atoms with E-state index in [2.05, 4.69) is 53.8 Å². The molecule has 1 amide bonds. The topological polar surface area (TPSA) is 59.0 Å². The summed E-state index contributed by atoms with van der Waals surface area (Å²) in [5.74, 6) is 1.59. The van der Waals surface area contributed by atoms with Gasteiger partial charge in [0.1, 0.15) is 5.82 Å². The Morgan fingerprint density at radius 3 is 2.52 bits per heavy atom. The summed E-state index contributed by atoms with van der Waals surface area (Å²) in [6, 6.07) is 8.49. The fourth-order valence-electron chi connectivity index (χ4n) is 3.81. The first-order chi connectivity index (χ1) is 12.6. The number of aryl methyl sites for hydroxylation is 2. The molecule has 6 heteroatoms. The Balaban J connectivity index is 0.00000261. The molecule has 1 saturated heterocycles. The summed E-state index contributed by atoms with van der Waals surface area (Å²) >= 11 is 0. The molecule has 0 aliphatic carbocycles. The van der Waals surface area contributed by atoms with Crippen LogP contribution in [0.25, 0.3) is 0 Å². The van der Waals surface area contributed by atoms with E-state index in [0.29, 0.717) is 6.42 Å². The van der Waals surface area contributed by atoms with Crippen molar-refractivity contribution in [2.75, 3.05) is 18.4 Å². The van der Waals surface area contributed by atoms with E-state index in [1.807, 2.05) is 7.05 Å². The van der Waals surface area contributed by atoms with Crippen LogP contribution in [-0.4, -0.2) is 28.8 Å². The molecule has 0 bridgehead atoms. The number of carbonyl (C=O) groups is 1. The third-order valence-electron chi connectivity index (χ3n) is 5.25. The van der Waals surface area contributed by atoms with Crippen LogP contribution in [0, 0.1) is 5.92 Å². The van der Waals surface area contributed by atoms with Gasteiger partial charge in [-0.1, -0.05) is 38.1 Å². The monoisotopic (exact) mass is 390 g/mol. The van der Waals surface area contributed by atoms with Crippen molar-refractivity contribution < 1.29 is 4.79 Å². The van der Waals surface area contributed by atoms with Gasteiger partial charge >= 0.3 is 0 Å². The van der Waals surface area contributed by atoms with E-state index < -0.39 is 0 Å². The Hall–Kier alpha value is -1.85. The number of rotatable bonds is 7. The maximum Gasteiger partial charge on any atom is 0.229 e. The maximum atomic E-state index is 12.5. The minimum absolute atomic E-state index is 0. The van der Waals surface area contributed by atoms with E-state index in [1.165, 1.54) is 12.0 Å². The molecular formula is C21H31ClN4O. The number of hydrogen-bond acceptors (Lipinski definition) is 3. The molecule has 1 aromatic carbocycles. The minimum Gasteiger partial charge on any atom is -0.316 e. The van der Waals surface area contributed by atoms with Crippen molar-refractivity contribution in [2.45, 2.75) is 46.0 Å². The summed E-state index contributed by atoms with van der Waals surface area (Å²) in [6.07, 6.45) is 4.52. The van der Waals surface area contributed by atoms with Crippen LogP contribution in [0.2, 0.25) is 0 Å².